The molecule has 1 N–H and O–H groups in total. The van der Waals surface area contributed by atoms with Gasteiger partial charge in [0, 0.05) is 12.2 Å². The number of nitrogens with zero attached hydrogens (tertiary/aromatic N) is 4. The molecule has 0 spiro atoms. The van der Waals surface area contributed by atoms with Gasteiger partial charge in [-0.1, -0.05) is 0 Å². The highest BCUT2D eigenvalue weighted by molar-refractivity contribution is 5.36. The van der Waals surface area contributed by atoms with Crippen molar-refractivity contribution in [2.75, 3.05) is 5.32 Å². The smallest absolute Gasteiger partial charge is 0.363 e. The van der Waals surface area contributed by atoms with Crippen LogP contribution in [-0.4, -0.2) is 19.7 Å². The van der Waals surface area contributed by atoms with Gasteiger partial charge in [-0.05, 0) is 31.9 Å². The zero-order valence-corrected chi connectivity index (χ0v) is 11.4. The van der Waals surface area contributed by atoms with E-state index in [4.69, 9.17) is 0 Å². The molecular weight excluding hydrogens is 283 g/mol. The summed E-state index contributed by atoms with van der Waals surface area (Å²) >= 11 is 0. The van der Waals surface area contributed by atoms with Crippen molar-refractivity contribution in [2.24, 2.45) is 0 Å². The molecule has 2 heterocycles. The van der Waals surface area contributed by atoms with E-state index in [2.05, 4.69) is 25.1 Å². The van der Waals surface area contributed by atoms with Crippen LogP contribution in [0.15, 0.2) is 18.3 Å². The number of aryl methyl sites for hydroxylation is 1. The van der Waals surface area contributed by atoms with Crippen molar-refractivity contribution in [3.8, 4) is 0 Å². The maximum absolute atomic E-state index is 12.4. The minimum absolute atomic E-state index is 0.381. The summed E-state index contributed by atoms with van der Waals surface area (Å²) in [7, 11) is 0. The summed E-state index contributed by atoms with van der Waals surface area (Å²) < 4.78 is 39.4. The lowest BCUT2D eigenvalue weighted by Crippen LogP contribution is -2.10. The van der Waals surface area contributed by atoms with Gasteiger partial charge < -0.3 is 9.88 Å². The van der Waals surface area contributed by atoms with E-state index >= 15 is 0 Å². The first-order chi connectivity index (χ1) is 9.95. The van der Waals surface area contributed by atoms with Crippen molar-refractivity contribution in [3.63, 3.8) is 0 Å². The normalized spacial score (nSPS) is 15.2. The van der Waals surface area contributed by atoms with Gasteiger partial charge in [-0.2, -0.15) is 13.2 Å². The molecule has 0 unspecified atom stereocenters. The predicted molar refractivity (Wildman–Crippen MR) is 69.6 cm³/mol. The molecule has 0 bridgehead atoms. The lowest BCUT2D eigenvalue weighted by Gasteiger charge is -2.10. The number of aromatic nitrogens is 4. The van der Waals surface area contributed by atoms with Crippen LogP contribution in [-0.2, 0) is 12.7 Å². The molecule has 8 heteroatoms. The van der Waals surface area contributed by atoms with Crippen molar-refractivity contribution < 1.29 is 13.2 Å². The Balaban J connectivity index is 1.68. The van der Waals surface area contributed by atoms with Crippen LogP contribution in [0.4, 0.5) is 19.0 Å². The highest BCUT2D eigenvalue weighted by atomic mass is 19.4. The predicted octanol–water partition coefficient (Wildman–Crippen LogP) is 2.95. The van der Waals surface area contributed by atoms with E-state index in [1.165, 1.54) is 6.07 Å². The van der Waals surface area contributed by atoms with Gasteiger partial charge in [0.05, 0.1) is 12.1 Å². The SMILES string of the molecule is Cc1nnc(CNc2ccc(C(F)(F)F)cn2)n1C1CC1. The maximum Gasteiger partial charge on any atom is 0.417 e. The minimum Gasteiger partial charge on any atom is -0.363 e. The van der Waals surface area contributed by atoms with Crippen molar-refractivity contribution in [2.45, 2.75) is 38.5 Å². The molecule has 1 saturated carbocycles. The molecule has 0 radical (unpaired) electrons. The Morgan fingerprint density at radius 3 is 2.62 bits per heavy atom. The van der Waals surface area contributed by atoms with Crippen LogP contribution in [0.2, 0.25) is 0 Å². The first kappa shape index (κ1) is 13.8. The van der Waals surface area contributed by atoms with Gasteiger partial charge >= 0.3 is 6.18 Å². The van der Waals surface area contributed by atoms with E-state index in [0.29, 0.717) is 18.4 Å². The highest BCUT2D eigenvalue weighted by Gasteiger charge is 2.31. The Morgan fingerprint density at radius 2 is 2.05 bits per heavy atom. The second kappa shape index (κ2) is 5.01. The van der Waals surface area contributed by atoms with E-state index < -0.39 is 11.7 Å². The average Bonchev–Trinajstić information content (AvgIpc) is 3.20. The summed E-state index contributed by atoms with van der Waals surface area (Å²) in [5.41, 5.74) is -0.759. The average molecular weight is 297 g/mol. The van der Waals surface area contributed by atoms with Gasteiger partial charge in [0.1, 0.15) is 11.6 Å². The Hall–Kier alpha value is -2.12. The van der Waals surface area contributed by atoms with E-state index in [9.17, 15) is 13.2 Å². The number of hydrogen-bond acceptors (Lipinski definition) is 4. The number of alkyl halides is 3. The third-order valence-electron chi connectivity index (χ3n) is 3.37. The molecule has 0 saturated heterocycles. The number of hydrogen-bond donors (Lipinski definition) is 1. The summed E-state index contributed by atoms with van der Waals surface area (Å²) in [6.45, 7) is 2.28. The molecule has 112 valence electrons. The minimum atomic E-state index is -4.37. The lowest BCUT2D eigenvalue weighted by atomic mass is 10.3. The second-order valence-corrected chi connectivity index (χ2v) is 5.05. The van der Waals surface area contributed by atoms with Crippen LogP contribution < -0.4 is 5.32 Å². The summed E-state index contributed by atoms with van der Waals surface area (Å²) in [4.78, 5) is 3.77. The van der Waals surface area contributed by atoms with Gasteiger partial charge in [-0.3, -0.25) is 0 Å². The number of pyridine rings is 1. The molecule has 5 nitrogen and oxygen atoms in total. The van der Waals surface area contributed by atoms with Crippen LogP contribution in [0.3, 0.4) is 0 Å². The molecule has 0 aromatic carbocycles. The molecule has 21 heavy (non-hydrogen) atoms. The quantitative estimate of drug-likeness (QED) is 0.942. The van der Waals surface area contributed by atoms with Gasteiger partial charge in [-0.25, -0.2) is 4.98 Å². The number of nitrogens with one attached hydrogen (secondary N) is 1. The Kier molecular flexibility index (Phi) is 3.30. The van der Waals surface area contributed by atoms with Crippen molar-refractivity contribution in [1.29, 1.82) is 0 Å². The first-order valence-electron chi connectivity index (χ1n) is 6.62. The fraction of sp³-hybridized carbons (Fsp3) is 0.462. The number of rotatable bonds is 4. The highest BCUT2D eigenvalue weighted by Crippen LogP contribution is 2.36. The third kappa shape index (κ3) is 2.98. The molecular formula is C13H14F3N5. The zero-order valence-electron chi connectivity index (χ0n) is 11.4. The molecule has 1 fully saturated rings. The third-order valence-corrected chi connectivity index (χ3v) is 3.37. The van der Waals surface area contributed by atoms with Crippen molar-refractivity contribution in [3.05, 3.63) is 35.5 Å². The van der Waals surface area contributed by atoms with Crippen LogP contribution >= 0.6 is 0 Å². The largest absolute Gasteiger partial charge is 0.417 e. The van der Waals surface area contributed by atoms with E-state index in [1.807, 2.05) is 6.92 Å². The molecule has 2 aromatic heterocycles. The monoisotopic (exact) mass is 297 g/mol. The summed E-state index contributed by atoms with van der Waals surface area (Å²) in [6.07, 6.45) is -1.32. The first-order valence-corrected chi connectivity index (χ1v) is 6.62. The van der Waals surface area contributed by atoms with Gasteiger partial charge in [-0.15, -0.1) is 10.2 Å². The standard InChI is InChI=1S/C13H14F3N5/c1-8-19-20-12(21(8)10-3-4-10)7-18-11-5-2-9(6-17-11)13(14,15)16/h2,5-6,10H,3-4,7H2,1H3,(H,17,18). The number of anilines is 1. The van der Waals surface area contributed by atoms with Crippen LogP contribution in [0.25, 0.3) is 0 Å². The van der Waals surface area contributed by atoms with E-state index in [0.717, 1.165) is 36.8 Å². The van der Waals surface area contributed by atoms with Crippen LogP contribution in [0, 0.1) is 6.92 Å². The molecule has 2 aromatic rings. The summed E-state index contributed by atoms with van der Waals surface area (Å²) in [5, 5.41) is 11.1. The van der Waals surface area contributed by atoms with Gasteiger partial charge in [0.15, 0.2) is 5.82 Å². The molecule has 0 aliphatic heterocycles. The van der Waals surface area contributed by atoms with Crippen molar-refractivity contribution in [1.82, 2.24) is 19.7 Å². The Labute approximate surface area is 119 Å². The van der Waals surface area contributed by atoms with E-state index in [-0.39, 0.29) is 0 Å². The van der Waals surface area contributed by atoms with Crippen LogP contribution in [0.5, 0.6) is 0 Å². The molecule has 1 aliphatic rings. The van der Waals surface area contributed by atoms with Crippen LogP contribution in [0.1, 0.15) is 36.1 Å². The fourth-order valence-corrected chi connectivity index (χ4v) is 2.18. The van der Waals surface area contributed by atoms with E-state index in [1.54, 1.807) is 0 Å². The van der Waals surface area contributed by atoms with Gasteiger partial charge in [0.25, 0.3) is 0 Å². The molecule has 0 atom stereocenters. The topological polar surface area (TPSA) is 55.6 Å². The maximum atomic E-state index is 12.4. The zero-order chi connectivity index (χ0) is 15.0. The van der Waals surface area contributed by atoms with Gasteiger partial charge in [0.2, 0.25) is 0 Å². The molecule has 0 amide bonds. The summed E-state index contributed by atoms with van der Waals surface area (Å²) in [6, 6.07) is 2.78. The Morgan fingerprint density at radius 1 is 1.29 bits per heavy atom. The Bertz CT molecular complexity index is 628. The fourth-order valence-electron chi connectivity index (χ4n) is 2.18. The second-order valence-electron chi connectivity index (χ2n) is 5.05. The molecule has 1 aliphatic carbocycles. The lowest BCUT2D eigenvalue weighted by molar-refractivity contribution is -0.137. The summed E-state index contributed by atoms with van der Waals surface area (Å²) in [5.74, 6) is 2.01. The molecule has 3 rings (SSSR count). The number of halogens is 3. The van der Waals surface area contributed by atoms with Crippen molar-refractivity contribution >= 4 is 5.82 Å².